The van der Waals surface area contributed by atoms with Crippen LogP contribution < -0.4 is 0 Å². The number of hydrogen-bond donors (Lipinski definition) is 1. The Morgan fingerprint density at radius 3 is 1.74 bits per heavy atom. The van der Waals surface area contributed by atoms with Gasteiger partial charge in [0.1, 0.15) is 0 Å². The lowest BCUT2D eigenvalue weighted by atomic mass is 9.92. The van der Waals surface area contributed by atoms with Crippen molar-refractivity contribution < 1.29 is 9.90 Å². The van der Waals surface area contributed by atoms with Crippen LogP contribution in [0, 0.1) is 0 Å². The lowest BCUT2D eigenvalue weighted by molar-refractivity contribution is 0.0697. The topological polar surface area (TPSA) is 37.3 Å². The molecule has 4 aromatic carbocycles. The third-order valence-corrected chi connectivity index (χ3v) is 4.19. The van der Waals surface area contributed by atoms with E-state index in [9.17, 15) is 4.79 Å². The van der Waals surface area contributed by atoms with E-state index in [2.05, 4.69) is 30.3 Å². The number of carboxylic acid groups (broad SMARTS) is 1. The van der Waals surface area contributed by atoms with Crippen LogP contribution in [0.25, 0.3) is 32.7 Å². The van der Waals surface area contributed by atoms with Gasteiger partial charge in [0, 0.05) is 0 Å². The molecule has 0 radical (unpaired) electrons. The maximum atomic E-state index is 11.1. The number of carbonyl (C=O) groups is 1. The Hall–Kier alpha value is -3.13. The fraction of sp³-hybridized carbons (Fsp3) is 0. The summed E-state index contributed by atoms with van der Waals surface area (Å²) in [5, 5.41) is 13.8. The molecule has 0 aliphatic carbocycles. The average molecular weight is 298 g/mol. The zero-order valence-electron chi connectivity index (χ0n) is 12.4. The van der Waals surface area contributed by atoms with E-state index in [1.165, 1.54) is 21.5 Å². The van der Waals surface area contributed by atoms with Gasteiger partial charge in [0.15, 0.2) is 0 Å². The molecule has 0 aliphatic heterocycles. The number of benzene rings is 4. The molecule has 23 heavy (non-hydrogen) atoms. The van der Waals surface area contributed by atoms with Crippen molar-refractivity contribution in [1.82, 2.24) is 0 Å². The predicted molar refractivity (Wildman–Crippen MR) is 93.8 cm³/mol. The number of hydrogen-bond acceptors (Lipinski definition) is 1. The Labute approximate surface area is 133 Å². The minimum atomic E-state index is -0.903. The summed E-state index contributed by atoms with van der Waals surface area (Å²) in [4.78, 5) is 11.1. The van der Waals surface area contributed by atoms with Crippen LogP contribution in [0.3, 0.4) is 0 Å². The summed E-state index contributed by atoms with van der Waals surface area (Å²) < 4.78 is 0. The number of fused-ring (bicyclic) bond motifs is 2. The monoisotopic (exact) mass is 298 g/mol. The van der Waals surface area contributed by atoms with Gasteiger partial charge < -0.3 is 5.11 Å². The van der Waals surface area contributed by atoms with Crippen molar-refractivity contribution in [2.24, 2.45) is 0 Å². The average Bonchev–Trinajstić information content (AvgIpc) is 2.59. The highest BCUT2D eigenvalue weighted by Crippen LogP contribution is 2.36. The number of rotatable bonds is 2. The third-order valence-electron chi connectivity index (χ3n) is 4.19. The highest BCUT2D eigenvalue weighted by molar-refractivity contribution is 6.12. The summed E-state index contributed by atoms with van der Waals surface area (Å²) in [5.41, 5.74) is 2.48. The molecule has 1 N–H and O–H groups in total. The maximum absolute atomic E-state index is 11.1. The fourth-order valence-corrected chi connectivity index (χ4v) is 3.10. The molecule has 4 rings (SSSR count). The van der Waals surface area contributed by atoms with Gasteiger partial charge in [0.25, 0.3) is 0 Å². The van der Waals surface area contributed by atoms with Gasteiger partial charge in [-0.25, -0.2) is 4.79 Å². The van der Waals surface area contributed by atoms with Crippen LogP contribution in [0.15, 0.2) is 78.9 Å². The molecular weight excluding hydrogens is 284 g/mol. The van der Waals surface area contributed by atoms with Crippen LogP contribution in [0.5, 0.6) is 0 Å². The molecule has 2 heteroatoms. The van der Waals surface area contributed by atoms with E-state index in [1.54, 1.807) is 12.1 Å². The highest BCUT2D eigenvalue weighted by atomic mass is 16.4. The SMILES string of the molecule is O=C(O)c1ccc(-c2c3ccccc3cc3ccccc23)cc1. The van der Waals surface area contributed by atoms with Gasteiger partial charge in [-0.05, 0) is 50.9 Å². The summed E-state index contributed by atoms with van der Waals surface area (Å²) >= 11 is 0. The minimum Gasteiger partial charge on any atom is -0.478 e. The summed E-state index contributed by atoms with van der Waals surface area (Å²) in [7, 11) is 0. The van der Waals surface area contributed by atoms with E-state index in [-0.39, 0.29) is 0 Å². The van der Waals surface area contributed by atoms with Gasteiger partial charge in [-0.1, -0.05) is 60.7 Å². The Balaban J connectivity index is 2.08. The van der Waals surface area contributed by atoms with Crippen molar-refractivity contribution in [3.8, 4) is 11.1 Å². The van der Waals surface area contributed by atoms with E-state index in [0.717, 1.165) is 11.1 Å². The van der Waals surface area contributed by atoms with E-state index in [1.807, 2.05) is 36.4 Å². The Bertz CT molecular complexity index is 977. The highest BCUT2D eigenvalue weighted by Gasteiger charge is 2.10. The molecule has 0 atom stereocenters. The van der Waals surface area contributed by atoms with Gasteiger partial charge in [-0.2, -0.15) is 0 Å². The van der Waals surface area contributed by atoms with Crippen LogP contribution in [0.4, 0.5) is 0 Å². The molecule has 0 aliphatic rings. The predicted octanol–water partition coefficient (Wildman–Crippen LogP) is 5.36. The van der Waals surface area contributed by atoms with Gasteiger partial charge in [-0.3, -0.25) is 0 Å². The molecule has 2 nitrogen and oxygen atoms in total. The van der Waals surface area contributed by atoms with E-state index in [4.69, 9.17) is 5.11 Å². The molecule has 4 aromatic rings. The third kappa shape index (κ3) is 2.25. The van der Waals surface area contributed by atoms with Crippen LogP contribution in [-0.4, -0.2) is 11.1 Å². The molecule has 0 heterocycles. The zero-order chi connectivity index (χ0) is 15.8. The normalized spacial score (nSPS) is 11.0. The second-order valence-corrected chi connectivity index (χ2v) is 5.58. The smallest absolute Gasteiger partial charge is 0.335 e. The van der Waals surface area contributed by atoms with Gasteiger partial charge in [-0.15, -0.1) is 0 Å². The van der Waals surface area contributed by atoms with Crippen molar-refractivity contribution in [2.45, 2.75) is 0 Å². The van der Waals surface area contributed by atoms with E-state index >= 15 is 0 Å². The summed E-state index contributed by atoms with van der Waals surface area (Å²) in [6.45, 7) is 0. The fourth-order valence-electron chi connectivity index (χ4n) is 3.10. The summed E-state index contributed by atoms with van der Waals surface area (Å²) in [5.74, 6) is -0.903. The van der Waals surface area contributed by atoms with Gasteiger partial charge in [0.2, 0.25) is 0 Å². The van der Waals surface area contributed by atoms with Crippen molar-refractivity contribution in [2.75, 3.05) is 0 Å². The van der Waals surface area contributed by atoms with Crippen LogP contribution in [-0.2, 0) is 0 Å². The lowest BCUT2D eigenvalue weighted by Crippen LogP contribution is -1.95. The molecule has 0 spiro atoms. The molecule has 0 bridgehead atoms. The summed E-state index contributed by atoms with van der Waals surface area (Å²) in [6, 6.07) is 25.9. The number of carboxylic acids is 1. The standard InChI is InChI=1S/C21H14O2/c22-21(23)15-11-9-14(10-12-15)20-18-7-3-1-5-16(18)13-17-6-2-4-8-19(17)20/h1-13H,(H,22,23). The molecule has 0 fully saturated rings. The maximum Gasteiger partial charge on any atom is 0.335 e. The first kappa shape index (κ1) is 13.5. The Kier molecular flexibility index (Phi) is 3.09. The Morgan fingerprint density at radius 1 is 0.696 bits per heavy atom. The van der Waals surface area contributed by atoms with Crippen molar-refractivity contribution in [3.05, 3.63) is 84.4 Å². The zero-order valence-corrected chi connectivity index (χ0v) is 12.4. The van der Waals surface area contributed by atoms with E-state index < -0.39 is 5.97 Å². The lowest BCUT2D eigenvalue weighted by Gasteiger charge is -2.12. The molecule has 0 amide bonds. The van der Waals surface area contributed by atoms with Crippen molar-refractivity contribution in [1.29, 1.82) is 0 Å². The quantitative estimate of drug-likeness (QED) is 0.506. The van der Waals surface area contributed by atoms with E-state index in [0.29, 0.717) is 5.56 Å². The molecule has 0 unspecified atom stereocenters. The van der Waals surface area contributed by atoms with Crippen LogP contribution in [0.2, 0.25) is 0 Å². The van der Waals surface area contributed by atoms with Crippen molar-refractivity contribution in [3.63, 3.8) is 0 Å². The molecule has 0 saturated heterocycles. The van der Waals surface area contributed by atoms with Crippen LogP contribution >= 0.6 is 0 Å². The molecular formula is C21H14O2. The van der Waals surface area contributed by atoms with Crippen molar-refractivity contribution >= 4 is 27.5 Å². The van der Waals surface area contributed by atoms with Gasteiger partial charge >= 0.3 is 5.97 Å². The first-order valence-electron chi connectivity index (χ1n) is 7.48. The molecule has 0 saturated carbocycles. The number of aromatic carboxylic acids is 1. The molecule has 110 valence electrons. The second kappa shape index (κ2) is 5.25. The largest absolute Gasteiger partial charge is 0.478 e. The first-order valence-corrected chi connectivity index (χ1v) is 7.48. The second-order valence-electron chi connectivity index (χ2n) is 5.58. The van der Waals surface area contributed by atoms with Gasteiger partial charge in [0.05, 0.1) is 5.56 Å². The van der Waals surface area contributed by atoms with Crippen LogP contribution in [0.1, 0.15) is 10.4 Å². The Morgan fingerprint density at radius 2 is 1.22 bits per heavy atom. The molecule has 0 aromatic heterocycles. The minimum absolute atomic E-state index is 0.304. The first-order chi connectivity index (χ1) is 11.2. The summed E-state index contributed by atoms with van der Waals surface area (Å²) in [6.07, 6.45) is 0.